The molecule has 1 N–H and O–H groups in total. The molecule has 1 aromatic carbocycles. The average molecular weight is 300 g/mol. The smallest absolute Gasteiger partial charge is 0.254 e. The molecule has 22 heavy (non-hydrogen) atoms. The molecule has 2 heterocycles. The van der Waals surface area contributed by atoms with Crippen molar-refractivity contribution < 1.29 is 9.90 Å². The molecule has 4 rings (SSSR count). The van der Waals surface area contributed by atoms with E-state index in [2.05, 4.69) is 11.0 Å². The number of benzene rings is 1. The first-order chi connectivity index (χ1) is 10.7. The third kappa shape index (κ3) is 2.44. The second-order valence-corrected chi connectivity index (χ2v) is 6.95. The van der Waals surface area contributed by atoms with Crippen molar-refractivity contribution in [1.82, 2.24) is 9.80 Å². The van der Waals surface area contributed by atoms with Crippen LogP contribution in [0.2, 0.25) is 0 Å². The molecule has 2 fully saturated rings. The number of likely N-dealkylation sites (tertiary alicyclic amines) is 2. The Morgan fingerprint density at radius 2 is 1.95 bits per heavy atom. The number of carbonyl (C=O) groups excluding carboxylic acids is 1. The first-order valence-electron chi connectivity index (χ1n) is 8.54. The Bertz CT molecular complexity index is 580. The summed E-state index contributed by atoms with van der Waals surface area (Å²) in [5, 5.41) is 9.63. The summed E-state index contributed by atoms with van der Waals surface area (Å²) in [4.78, 5) is 17.1. The van der Waals surface area contributed by atoms with Crippen LogP contribution in [-0.2, 0) is 12.8 Å². The molecule has 0 unspecified atom stereocenters. The van der Waals surface area contributed by atoms with E-state index in [-0.39, 0.29) is 12.0 Å². The number of hydrogen-bond acceptors (Lipinski definition) is 3. The molecule has 2 aliphatic heterocycles. The van der Waals surface area contributed by atoms with Gasteiger partial charge in [-0.05, 0) is 49.3 Å². The second-order valence-electron chi connectivity index (χ2n) is 6.95. The maximum atomic E-state index is 12.8. The minimum Gasteiger partial charge on any atom is -0.392 e. The van der Waals surface area contributed by atoms with Gasteiger partial charge in [0, 0.05) is 37.8 Å². The predicted octanol–water partition coefficient (Wildman–Crippen LogP) is 1.46. The fraction of sp³-hybridized carbons (Fsp3) is 0.611. The first-order valence-corrected chi connectivity index (χ1v) is 8.54. The summed E-state index contributed by atoms with van der Waals surface area (Å²) >= 11 is 0. The highest BCUT2D eigenvalue weighted by atomic mass is 16.3. The molecule has 0 radical (unpaired) electrons. The molecule has 0 saturated carbocycles. The summed E-state index contributed by atoms with van der Waals surface area (Å²) in [7, 11) is 0. The van der Waals surface area contributed by atoms with Gasteiger partial charge in [-0.3, -0.25) is 9.69 Å². The molecule has 1 atom stereocenters. The Hall–Kier alpha value is -1.39. The zero-order valence-corrected chi connectivity index (χ0v) is 13.0. The van der Waals surface area contributed by atoms with Crippen molar-refractivity contribution in [2.45, 2.75) is 44.2 Å². The van der Waals surface area contributed by atoms with E-state index in [1.54, 1.807) is 0 Å². The van der Waals surface area contributed by atoms with Crippen LogP contribution in [0.3, 0.4) is 0 Å². The molecule has 1 aliphatic carbocycles. The Balaban J connectivity index is 1.44. The molecule has 2 saturated heterocycles. The van der Waals surface area contributed by atoms with E-state index in [4.69, 9.17) is 0 Å². The SMILES string of the molecule is O=C(c1cccc2c1CCCC2)N1CC(N2CC[C@@H](O)C2)C1. The number of aliphatic hydroxyl groups excluding tert-OH is 1. The van der Waals surface area contributed by atoms with Crippen LogP contribution >= 0.6 is 0 Å². The summed E-state index contributed by atoms with van der Waals surface area (Å²) in [5.74, 6) is 0.203. The average Bonchev–Trinajstić information content (AvgIpc) is 2.91. The van der Waals surface area contributed by atoms with Gasteiger partial charge < -0.3 is 10.0 Å². The number of aliphatic hydroxyl groups is 1. The second kappa shape index (κ2) is 5.67. The molecule has 0 bridgehead atoms. The monoisotopic (exact) mass is 300 g/mol. The van der Waals surface area contributed by atoms with Gasteiger partial charge in [0.2, 0.25) is 0 Å². The Labute approximate surface area is 131 Å². The molecule has 4 nitrogen and oxygen atoms in total. The largest absolute Gasteiger partial charge is 0.392 e. The van der Waals surface area contributed by atoms with Crippen LogP contribution in [0.25, 0.3) is 0 Å². The van der Waals surface area contributed by atoms with Gasteiger partial charge in [0.25, 0.3) is 5.91 Å². The van der Waals surface area contributed by atoms with Crippen LogP contribution in [0.1, 0.15) is 40.7 Å². The van der Waals surface area contributed by atoms with Gasteiger partial charge in [-0.25, -0.2) is 0 Å². The molecule has 4 heteroatoms. The van der Waals surface area contributed by atoms with Crippen molar-refractivity contribution in [2.75, 3.05) is 26.2 Å². The number of hydrogen-bond donors (Lipinski definition) is 1. The standard InChI is InChI=1S/C18H24N2O2/c21-15-8-9-19(12-15)14-10-20(11-14)18(22)17-7-3-5-13-4-1-2-6-16(13)17/h3,5,7,14-15,21H,1-2,4,6,8-12H2/t15-/m1/s1. The molecular formula is C18H24N2O2. The molecule has 3 aliphatic rings. The van der Waals surface area contributed by atoms with Crippen molar-refractivity contribution in [3.05, 3.63) is 34.9 Å². The molecule has 118 valence electrons. The minimum atomic E-state index is -0.175. The van der Waals surface area contributed by atoms with Crippen LogP contribution in [0.15, 0.2) is 18.2 Å². The van der Waals surface area contributed by atoms with E-state index < -0.39 is 0 Å². The zero-order chi connectivity index (χ0) is 15.1. The van der Waals surface area contributed by atoms with Gasteiger partial charge >= 0.3 is 0 Å². The van der Waals surface area contributed by atoms with Crippen molar-refractivity contribution in [3.8, 4) is 0 Å². The highest BCUT2D eigenvalue weighted by Crippen LogP contribution is 2.28. The number of nitrogens with zero attached hydrogens (tertiary/aromatic N) is 2. The summed E-state index contributed by atoms with van der Waals surface area (Å²) in [6.45, 7) is 3.37. The maximum Gasteiger partial charge on any atom is 0.254 e. The minimum absolute atomic E-state index is 0.175. The fourth-order valence-corrected chi connectivity index (χ4v) is 4.10. The highest BCUT2D eigenvalue weighted by Gasteiger charge is 2.38. The van der Waals surface area contributed by atoms with Crippen LogP contribution in [-0.4, -0.2) is 59.1 Å². The summed E-state index contributed by atoms with van der Waals surface area (Å²) in [6.07, 6.45) is 5.30. The highest BCUT2D eigenvalue weighted by molar-refractivity contribution is 5.96. The number of β-amino-alcohol motifs (C(OH)–C–C–N with tert-alkyl or cyclic N) is 1. The zero-order valence-electron chi connectivity index (χ0n) is 13.0. The topological polar surface area (TPSA) is 43.8 Å². The van der Waals surface area contributed by atoms with Crippen molar-refractivity contribution in [1.29, 1.82) is 0 Å². The van der Waals surface area contributed by atoms with Crippen LogP contribution in [0, 0.1) is 0 Å². The summed E-state index contributed by atoms with van der Waals surface area (Å²) < 4.78 is 0. The predicted molar refractivity (Wildman–Crippen MR) is 85.0 cm³/mol. The van der Waals surface area contributed by atoms with Crippen LogP contribution in [0.4, 0.5) is 0 Å². The Morgan fingerprint density at radius 1 is 1.14 bits per heavy atom. The third-order valence-electron chi connectivity index (χ3n) is 5.49. The van der Waals surface area contributed by atoms with Crippen LogP contribution < -0.4 is 0 Å². The molecule has 0 aromatic heterocycles. The Morgan fingerprint density at radius 3 is 2.73 bits per heavy atom. The van der Waals surface area contributed by atoms with Gasteiger partial charge in [0.15, 0.2) is 0 Å². The van der Waals surface area contributed by atoms with E-state index in [1.165, 1.54) is 24.0 Å². The van der Waals surface area contributed by atoms with Crippen molar-refractivity contribution in [3.63, 3.8) is 0 Å². The van der Waals surface area contributed by atoms with E-state index in [0.717, 1.165) is 51.0 Å². The number of amides is 1. The Kier molecular flexibility index (Phi) is 3.66. The quantitative estimate of drug-likeness (QED) is 0.899. The summed E-state index contributed by atoms with van der Waals surface area (Å²) in [5.41, 5.74) is 3.59. The van der Waals surface area contributed by atoms with Gasteiger partial charge in [-0.1, -0.05) is 12.1 Å². The van der Waals surface area contributed by atoms with Gasteiger partial charge in [0.05, 0.1) is 6.10 Å². The number of aryl methyl sites for hydroxylation is 1. The lowest BCUT2D eigenvalue weighted by molar-refractivity contribution is 0.0298. The van der Waals surface area contributed by atoms with Crippen molar-refractivity contribution >= 4 is 5.91 Å². The van der Waals surface area contributed by atoms with Gasteiger partial charge in [-0.2, -0.15) is 0 Å². The summed E-state index contributed by atoms with van der Waals surface area (Å²) in [6, 6.07) is 6.65. The lowest BCUT2D eigenvalue weighted by atomic mass is 9.87. The molecule has 1 amide bonds. The number of fused-ring (bicyclic) bond motifs is 1. The van der Waals surface area contributed by atoms with Crippen LogP contribution in [0.5, 0.6) is 0 Å². The lowest BCUT2D eigenvalue weighted by Crippen LogP contribution is -2.60. The van der Waals surface area contributed by atoms with Gasteiger partial charge in [0.1, 0.15) is 0 Å². The van der Waals surface area contributed by atoms with E-state index >= 15 is 0 Å². The normalized spacial score (nSPS) is 25.9. The van der Waals surface area contributed by atoms with E-state index in [0.29, 0.717) is 6.04 Å². The number of rotatable bonds is 2. The first kappa shape index (κ1) is 14.2. The fourth-order valence-electron chi connectivity index (χ4n) is 4.10. The lowest BCUT2D eigenvalue weighted by Gasteiger charge is -2.44. The maximum absolute atomic E-state index is 12.8. The molecule has 0 spiro atoms. The van der Waals surface area contributed by atoms with Crippen molar-refractivity contribution in [2.24, 2.45) is 0 Å². The van der Waals surface area contributed by atoms with E-state index in [9.17, 15) is 9.90 Å². The van der Waals surface area contributed by atoms with Gasteiger partial charge in [-0.15, -0.1) is 0 Å². The van der Waals surface area contributed by atoms with E-state index in [1.807, 2.05) is 17.0 Å². The molecular weight excluding hydrogens is 276 g/mol. The molecule has 1 aromatic rings. The number of carbonyl (C=O) groups is 1. The third-order valence-corrected chi connectivity index (χ3v) is 5.49.